The highest BCUT2D eigenvalue weighted by Gasteiger charge is 2.31. The minimum absolute atomic E-state index is 0.00839. The van der Waals surface area contributed by atoms with E-state index in [1.807, 2.05) is 0 Å². The maximum Gasteiger partial charge on any atom is 0.416 e. The quantitative estimate of drug-likeness (QED) is 0.499. The van der Waals surface area contributed by atoms with Crippen molar-refractivity contribution in [2.24, 2.45) is 4.99 Å². The predicted molar refractivity (Wildman–Crippen MR) is 121 cm³/mol. The molecule has 0 radical (unpaired) electrons. The highest BCUT2D eigenvalue weighted by atomic mass is 35.5. The predicted octanol–water partition coefficient (Wildman–Crippen LogP) is 5.91. The molecule has 1 N–H and O–H groups in total. The largest absolute Gasteiger partial charge is 0.437 e. The zero-order valence-electron chi connectivity index (χ0n) is 18.1. The van der Waals surface area contributed by atoms with Crippen molar-refractivity contribution in [3.05, 3.63) is 81.5 Å². The zero-order chi connectivity index (χ0) is 23.6. The van der Waals surface area contributed by atoms with Crippen molar-refractivity contribution in [3.8, 4) is 11.6 Å². The smallest absolute Gasteiger partial charge is 0.416 e. The van der Waals surface area contributed by atoms with Crippen LogP contribution in [-0.4, -0.2) is 28.6 Å². The van der Waals surface area contributed by atoms with Gasteiger partial charge in [0, 0.05) is 12.6 Å². The number of hydrogen-bond acceptors (Lipinski definition) is 5. The number of alkyl halides is 3. The van der Waals surface area contributed by atoms with Crippen LogP contribution in [0.2, 0.25) is 5.15 Å². The Morgan fingerprint density at radius 1 is 1.09 bits per heavy atom. The van der Waals surface area contributed by atoms with E-state index in [9.17, 15) is 13.2 Å². The highest BCUT2D eigenvalue weighted by Crippen LogP contribution is 2.33. The Balaban J connectivity index is 1.58. The lowest BCUT2D eigenvalue weighted by Gasteiger charge is -2.26. The van der Waals surface area contributed by atoms with Gasteiger partial charge in [-0.2, -0.15) is 13.2 Å². The van der Waals surface area contributed by atoms with Crippen molar-refractivity contribution in [2.75, 3.05) is 6.54 Å². The molecule has 9 heteroatoms. The molecule has 1 atom stereocenters. The summed E-state index contributed by atoms with van der Waals surface area (Å²) in [6.45, 7) is 4.74. The molecule has 172 valence electrons. The summed E-state index contributed by atoms with van der Waals surface area (Å²) in [7, 11) is 0. The number of halogens is 4. The molecule has 0 bridgehead atoms. The van der Waals surface area contributed by atoms with E-state index in [0.29, 0.717) is 17.9 Å². The molecule has 4 rings (SSSR count). The van der Waals surface area contributed by atoms with Crippen LogP contribution in [0.3, 0.4) is 0 Å². The van der Waals surface area contributed by atoms with Gasteiger partial charge in [-0.05, 0) is 62.1 Å². The molecule has 5 nitrogen and oxygen atoms in total. The molecule has 2 heterocycles. The van der Waals surface area contributed by atoms with Gasteiger partial charge in [0.05, 0.1) is 11.1 Å². The van der Waals surface area contributed by atoms with Crippen LogP contribution < -0.4 is 10.1 Å². The molecule has 1 aromatic heterocycles. The summed E-state index contributed by atoms with van der Waals surface area (Å²) < 4.78 is 44.9. The van der Waals surface area contributed by atoms with E-state index in [-0.39, 0.29) is 22.8 Å². The summed E-state index contributed by atoms with van der Waals surface area (Å²) in [5.41, 5.74) is 3.31. The Bertz CT molecular complexity index is 1200. The second-order valence-corrected chi connectivity index (χ2v) is 8.40. The van der Waals surface area contributed by atoms with Gasteiger partial charge in [0.25, 0.3) is 0 Å². The van der Waals surface area contributed by atoms with Crippen molar-refractivity contribution in [3.63, 3.8) is 0 Å². The fraction of sp³-hybridized carbons (Fsp3) is 0.292. The van der Waals surface area contributed by atoms with Gasteiger partial charge in [0.1, 0.15) is 11.6 Å². The fourth-order valence-electron chi connectivity index (χ4n) is 3.75. The van der Waals surface area contributed by atoms with Crippen molar-refractivity contribution < 1.29 is 17.9 Å². The number of amidine groups is 1. The third-order valence-corrected chi connectivity index (χ3v) is 5.60. The Morgan fingerprint density at radius 3 is 2.67 bits per heavy atom. The number of nitrogens with one attached hydrogen (secondary N) is 1. The number of rotatable bonds is 5. The molecule has 1 unspecified atom stereocenters. The average molecular weight is 475 g/mol. The van der Waals surface area contributed by atoms with E-state index in [1.165, 1.54) is 28.8 Å². The lowest BCUT2D eigenvalue weighted by molar-refractivity contribution is -0.137. The number of hydrogen-bond donors (Lipinski definition) is 1. The molecule has 0 saturated carbocycles. The molecule has 0 saturated heterocycles. The fourth-order valence-corrected chi connectivity index (χ4v) is 3.90. The summed E-state index contributed by atoms with van der Waals surface area (Å²) in [4.78, 5) is 4.55. The van der Waals surface area contributed by atoms with Gasteiger partial charge in [0.15, 0.2) is 5.15 Å². The van der Waals surface area contributed by atoms with Crippen LogP contribution in [0, 0.1) is 13.8 Å². The first kappa shape index (κ1) is 23.0. The van der Waals surface area contributed by atoms with Crippen molar-refractivity contribution in [1.82, 2.24) is 15.5 Å². The number of ether oxygens (including phenoxy) is 1. The van der Waals surface area contributed by atoms with Crippen LogP contribution in [0.5, 0.6) is 11.6 Å². The molecule has 1 aliphatic rings. The molecule has 0 aliphatic carbocycles. The number of aromatic nitrogens is 2. The molecule has 0 spiro atoms. The van der Waals surface area contributed by atoms with Gasteiger partial charge >= 0.3 is 6.18 Å². The topological polar surface area (TPSA) is 59.4 Å². The van der Waals surface area contributed by atoms with Crippen LogP contribution in [0.4, 0.5) is 13.2 Å². The molecule has 2 aromatic carbocycles. The second-order valence-electron chi connectivity index (χ2n) is 8.01. The molecule has 1 aliphatic heterocycles. The number of benzene rings is 2. The van der Waals surface area contributed by atoms with Crippen LogP contribution in [0.15, 0.2) is 53.5 Å². The Kier molecular flexibility index (Phi) is 6.56. The maximum absolute atomic E-state index is 13.1. The average Bonchev–Trinajstić information content (AvgIpc) is 2.77. The van der Waals surface area contributed by atoms with Gasteiger partial charge in [0.2, 0.25) is 5.88 Å². The number of nitrogens with zero attached hydrogens (tertiary/aromatic N) is 3. The van der Waals surface area contributed by atoms with Crippen molar-refractivity contribution in [2.45, 2.75) is 38.9 Å². The molecule has 0 fully saturated rings. The summed E-state index contributed by atoms with van der Waals surface area (Å²) in [5, 5.41) is 11.3. The van der Waals surface area contributed by atoms with Gasteiger partial charge < -0.3 is 10.1 Å². The summed E-state index contributed by atoms with van der Waals surface area (Å²) in [6, 6.07) is 12.6. The number of aliphatic imine (C=N–C) groups is 1. The van der Waals surface area contributed by atoms with Gasteiger partial charge in [-0.1, -0.05) is 41.4 Å². The van der Waals surface area contributed by atoms with Crippen LogP contribution >= 0.6 is 11.6 Å². The van der Waals surface area contributed by atoms with E-state index in [4.69, 9.17) is 16.3 Å². The summed E-state index contributed by atoms with van der Waals surface area (Å²) in [5.74, 6) is 0.540. The van der Waals surface area contributed by atoms with Crippen LogP contribution in [-0.2, 0) is 12.6 Å². The summed E-state index contributed by atoms with van der Waals surface area (Å²) in [6.07, 6.45) is -2.84. The minimum atomic E-state index is -4.48. The first-order valence-corrected chi connectivity index (χ1v) is 10.8. The molecule has 0 amide bonds. The van der Waals surface area contributed by atoms with Crippen LogP contribution in [0.25, 0.3) is 0 Å². The SMILES string of the molecule is Cc1ccc(CC2CCN=C(c3cc(Cl)nnc3Oc3cccc(C(F)(F)F)c3)N2)c(C)c1. The lowest BCUT2D eigenvalue weighted by Crippen LogP contribution is -2.41. The lowest BCUT2D eigenvalue weighted by atomic mass is 9.96. The Labute approximate surface area is 194 Å². The molecule has 33 heavy (non-hydrogen) atoms. The van der Waals surface area contributed by atoms with Crippen LogP contribution in [0.1, 0.15) is 34.2 Å². The van der Waals surface area contributed by atoms with E-state index in [2.05, 4.69) is 52.6 Å². The third-order valence-electron chi connectivity index (χ3n) is 5.41. The summed E-state index contributed by atoms with van der Waals surface area (Å²) >= 11 is 6.07. The van der Waals surface area contributed by atoms with Gasteiger partial charge in [-0.25, -0.2) is 0 Å². The highest BCUT2D eigenvalue weighted by molar-refractivity contribution is 6.29. The third kappa shape index (κ3) is 5.63. The van der Waals surface area contributed by atoms with E-state index in [1.54, 1.807) is 6.07 Å². The maximum atomic E-state index is 13.1. The molecular weight excluding hydrogens is 453 g/mol. The zero-order valence-corrected chi connectivity index (χ0v) is 18.8. The van der Waals surface area contributed by atoms with E-state index < -0.39 is 11.7 Å². The first-order chi connectivity index (χ1) is 15.7. The molecule has 3 aromatic rings. The second kappa shape index (κ2) is 9.39. The van der Waals surface area contributed by atoms with Crippen molar-refractivity contribution in [1.29, 1.82) is 0 Å². The number of aryl methyl sites for hydroxylation is 2. The normalized spacial score (nSPS) is 16.2. The molecular formula is C24H22ClF3N4O. The van der Waals surface area contributed by atoms with Gasteiger partial charge in [-0.3, -0.25) is 4.99 Å². The van der Waals surface area contributed by atoms with Crippen molar-refractivity contribution >= 4 is 17.4 Å². The Morgan fingerprint density at radius 2 is 1.91 bits per heavy atom. The van der Waals surface area contributed by atoms with E-state index >= 15 is 0 Å². The van der Waals surface area contributed by atoms with Gasteiger partial charge in [-0.15, -0.1) is 10.2 Å². The monoisotopic (exact) mass is 474 g/mol. The minimum Gasteiger partial charge on any atom is -0.437 e. The van der Waals surface area contributed by atoms with E-state index in [0.717, 1.165) is 25.0 Å². The Hall–Kier alpha value is -3.13. The first-order valence-electron chi connectivity index (χ1n) is 10.4. The standard InChI is InChI=1S/C24H22ClF3N4O/c1-14-6-7-16(15(2)10-14)11-18-8-9-29-22(30-18)20-13-21(25)31-32-23(20)33-19-5-3-4-17(12-19)24(26,27)28/h3-7,10,12-13,18H,8-9,11H2,1-2H3,(H,29,30).